The molecule has 0 saturated heterocycles. The maximum absolute atomic E-state index is 3.97. The van der Waals surface area contributed by atoms with Gasteiger partial charge in [0.15, 0.2) is 0 Å². The first-order valence-electron chi connectivity index (χ1n) is 6.94. The topological polar surface area (TPSA) is 37.8 Å². The Labute approximate surface area is 119 Å². The highest BCUT2D eigenvalue weighted by Gasteiger charge is 2.12. The van der Waals surface area contributed by atoms with Crippen molar-refractivity contribution in [3.05, 3.63) is 47.0 Å². The molecule has 2 rings (SSSR count). The number of aromatic nitrogens is 2. The summed E-state index contributed by atoms with van der Waals surface area (Å²) in [6.45, 7) is 3.24. The van der Waals surface area contributed by atoms with Gasteiger partial charge in [0, 0.05) is 6.04 Å². The molecule has 102 valence electrons. The molecule has 1 aromatic carbocycles. The summed E-state index contributed by atoms with van der Waals surface area (Å²) in [6.07, 6.45) is 6.50. The highest BCUT2D eigenvalue weighted by Crippen LogP contribution is 2.21. The van der Waals surface area contributed by atoms with Gasteiger partial charge in [0.1, 0.15) is 0 Å². The molecule has 0 aliphatic carbocycles. The van der Waals surface area contributed by atoms with Crippen LogP contribution in [0.25, 0.3) is 0 Å². The molecule has 0 aliphatic heterocycles. The first-order chi connectivity index (χ1) is 9.40. The Bertz CT molecular complexity index is 442. The van der Waals surface area contributed by atoms with Crippen LogP contribution in [0.2, 0.25) is 0 Å². The van der Waals surface area contributed by atoms with E-state index in [1.165, 1.54) is 28.4 Å². The van der Waals surface area contributed by atoms with Gasteiger partial charge in [-0.25, -0.2) is 0 Å². The number of rotatable bonds is 8. The van der Waals surface area contributed by atoms with E-state index in [9.17, 15) is 0 Å². The number of nitrogens with one attached hydrogen (secondary N) is 1. The van der Waals surface area contributed by atoms with E-state index in [0.29, 0.717) is 6.04 Å². The second-order valence-electron chi connectivity index (χ2n) is 4.70. The molecule has 0 fully saturated rings. The molecule has 3 nitrogen and oxygen atoms in total. The van der Waals surface area contributed by atoms with Crippen molar-refractivity contribution in [2.45, 2.75) is 38.6 Å². The smallest absolute Gasteiger partial charge is 0.0669 e. The van der Waals surface area contributed by atoms with Crippen molar-refractivity contribution in [3.63, 3.8) is 0 Å². The molecule has 1 aromatic heterocycles. The summed E-state index contributed by atoms with van der Waals surface area (Å²) >= 11 is 1.50. The highest BCUT2D eigenvalue weighted by molar-refractivity contribution is 7.05. The molecule has 0 bridgehead atoms. The van der Waals surface area contributed by atoms with Crippen molar-refractivity contribution in [3.8, 4) is 0 Å². The fourth-order valence-corrected chi connectivity index (χ4v) is 2.76. The minimum atomic E-state index is 0.406. The molecular weight excluding hydrogens is 254 g/mol. The lowest BCUT2D eigenvalue weighted by Gasteiger charge is -2.16. The summed E-state index contributed by atoms with van der Waals surface area (Å²) in [5.74, 6) is 0. The Morgan fingerprint density at radius 3 is 2.79 bits per heavy atom. The third-order valence-corrected chi connectivity index (χ3v) is 3.94. The Hall–Kier alpha value is -1.26. The predicted molar refractivity (Wildman–Crippen MR) is 80.3 cm³/mol. The van der Waals surface area contributed by atoms with Gasteiger partial charge in [-0.05, 0) is 49.3 Å². The summed E-state index contributed by atoms with van der Waals surface area (Å²) < 4.78 is 3.97. The number of aryl methyl sites for hydroxylation is 1. The van der Waals surface area contributed by atoms with Crippen LogP contribution in [-0.4, -0.2) is 16.1 Å². The third-order valence-electron chi connectivity index (χ3n) is 3.16. The molecule has 0 aliphatic rings. The van der Waals surface area contributed by atoms with Gasteiger partial charge in [0.05, 0.1) is 11.1 Å². The molecule has 0 radical (unpaired) electrons. The van der Waals surface area contributed by atoms with Crippen LogP contribution in [0.5, 0.6) is 0 Å². The molecular formula is C15H21N3S. The first kappa shape index (κ1) is 14.2. The zero-order valence-electron chi connectivity index (χ0n) is 11.4. The summed E-state index contributed by atoms with van der Waals surface area (Å²) in [5, 5.41) is 7.53. The summed E-state index contributed by atoms with van der Waals surface area (Å²) in [4.78, 5) is 1.25. The third kappa shape index (κ3) is 4.73. The monoisotopic (exact) mass is 275 g/mol. The lowest BCUT2D eigenvalue weighted by Crippen LogP contribution is -2.21. The predicted octanol–water partition coefficient (Wildman–Crippen LogP) is 3.60. The summed E-state index contributed by atoms with van der Waals surface area (Å²) in [6, 6.07) is 11.1. The zero-order chi connectivity index (χ0) is 13.3. The number of benzene rings is 1. The van der Waals surface area contributed by atoms with E-state index in [1.54, 1.807) is 0 Å². The molecule has 1 unspecified atom stereocenters. The molecule has 1 N–H and O–H groups in total. The fraction of sp³-hybridized carbons (Fsp3) is 0.467. The van der Waals surface area contributed by atoms with Crippen molar-refractivity contribution in [1.82, 2.24) is 14.9 Å². The van der Waals surface area contributed by atoms with E-state index in [-0.39, 0.29) is 0 Å². The van der Waals surface area contributed by atoms with Crippen LogP contribution in [0.1, 0.15) is 42.7 Å². The Morgan fingerprint density at radius 1 is 1.26 bits per heavy atom. The molecule has 1 heterocycles. The van der Waals surface area contributed by atoms with Crippen molar-refractivity contribution in [2.24, 2.45) is 0 Å². The molecule has 0 amide bonds. The lowest BCUT2D eigenvalue weighted by atomic mass is 10.0. The van der Waals surface area contributed by atoms with E-state index < -0.39 is 0 Å². The molecule has 1 atom stereocenters. The van der Waals surface area contributed by atoms with Crippen molar-refractivity contribution >= 4 is 11.5 Å². The van der Waals surface area contributed by atoms with Crippen LogP contribution >= 0.6 is 11.5 Å². The van der Waals surface area contributed by atoms with Crippen LogP contribution in [0.15, 0.2) is 36.5 Å². The van der Waals surface area contributed by atoms with Crippen molar-refractivity contribution in [1.29, 1.82) is 0 Å². The maximum atomic E-state index is 3.97. The molecule has 2 aromatic rings. The maximum Gasteiger partial charge on any atom is 0.0669 e. The van der Waals surface area contributed by atoms with Crippen LogP contribution in [0, 0.1) is 0 Å². The second-order valence-corrected chi connectivity index (χ2v) is 5.52. The minimum Gasteiger partial charge on any atom is -0.309 e. The van der Waals surface area contributed by atoms with Gasteiger partial charge in [-0.3, -0.25) is 0 Å². The molecule has 4 heteroatoms. The van der Waals surface area contributed by atoms with Gasteiger partial charge in [-0.15, -0.1) is 5.10 Å². The van der Waals surface area contributed by atoms with Crippen molar-refractivity contribution < 1.29 is 0 Å². The van der Waals surface area contributed by atoms with Gasteiger partial charge in [-0.2, -0.15) is 0 Å². The Morgan fingerprint density at radius 2 is 2.11 bits per heavy atom. The highest BCUT2D eigenvalue weighted by atomic mass is 32.1. The largest absolute Gasteiger partial charge is 0.309 e. The van der Waals surface area contributed by atoms with E-state index in [4.69, 9.17) is 0 Å². The summed E-state index contributed by atoms with van der Waals surface area (Å²) in [7, 11) is 0. The van der Waals surface area contributed by atoms with Crippen LogP contribution in [0.3, 0.4) is 0 Å². The van der Waals surface area contributed by atoms with Crippen LogP contribution in [0.4, 0.5) is 0 Å². The van der Waals surface area contributed by atoms with E-state index >= 15 is 0 Å². The average Bonchev–Trinajstić information content (AvgIpc) is 2.98. The molecule has 0 spiro atoms. The Kier molecular flexibility index (Phi) is 5.98. The first-order valence-corrected chi connectivity index (χ1v) is 7.72. The SMILES string of the molecule is CCCNC(CCCc1ccccc1)c1cnns1. The number of hydrogen-bond donors (Lipinski definition) is 1. The summed E-state index contributed by atoms with van der Waals surface area (Å²) in [5.41, 5.74) is 1.42. The number of nitrogens with zero attached hydrogens (tertiary/aromatic N) is 2. The van der Waals surface area contributed by atoms with Gasteiger partial charge < -0.3 is 5.32 Å². The average molecular weight is 275 g/mol. The van der Waals surface area contributed by atoms with Crippen molar-refractivity contribution in [2.75, 3.05) is 6.54 Å². The van der Waals surface area contributed by atoms with E-state index in [1.807, 2.05) is 6.20 Å². The fourth-order valence-electron chi connectivity index (χ4n) is 2.15. The van der Waals surface area contributed by atoms with E-state index in [0.717, 1.165) is 25.8 Å². The van der Waals surface area contributed by atoms with Gasteiger partial charge in [0.25, 0.3) is 0 Å². The van der Waals surface area contributed by atoms with Crippen LogP contribution in [-0.2, 0) is 6.42 Å². The zero-order valence-corrected chi connectivity index (χ0v) is 12.2. The van der Waals surface area contributed by atoms with Gasteiger partial charge in [0.2, 0.25) is 0 Å². The number of hydrogen-bond acceptors (Lipinski definition) is 4. The normalized spacial score (nSPS) is 12.5. The Balaban J connectivity index is 1.83. The second kappa shape index (κ2) is 8.02. The standard InChI is InChI=1S/C15H21N3S/c1-2-11-16-14(15-12-17-18-19-15)10-6-9-13-7-4-3-5-8-13/h3-5,7-8,12,14,16H,2,6,9-11H2,1H3. The quantitative estimate of drug-likeness (QED) is 0.800. The minimum absolute atomic E-state index is 0.406. The van der Waals surface area contributed by atoms with E-state index in [2.05, 4.69) is 52.2 Å². The molecule has 0 saturated carbocycles. The van der Waals surface area contributed by atoms with Gasteiger partial charge in [-0.1, -0.05) is 41.7 Å². The van der Waals surface area contributed by atoms with Gasteiger partial charge >= 0.3 is 0 Å². The van der Waals surface area contributed by atoms with Crippen LogP contribution < -0.4 is 5.32 Å². The lowest BCUT2D eigenvalue weighted by molar-refractivity contribution is 0.490. The molecule has 19 heavy (non-hydrogen) atoms.